The SMILES string of the molecule is COC[C@@H](COCCCN=C1NS(=O)(=O)c2ccccc21)OC. The van der Waals surface area contributed by atoms with E-state index >= 15 is 0 Å². The lowest BCUT2D eigenvalue weighted by atomic mass is 10.2. The van der Waals surface area contributed by atoms with E-state index < -0.39 is 10.0 Å². The van der Waals surface area contributed by atoms with Crippen LogP contribution in [0.4, 0.5) is 0 Å². The molecule has 1 heterocycles. The Morgan fingerprint density at radius 1 is 1.22 bits per heavy atom. The van der Waals surface area contributed by atoms with E-state index in [1.165, 1.54) is 0 Å². The molecule has 0 unspecified atom stereocenters. The molecule has 7 nitrogen and oxygen atoms in total. The smallest absolute Gasteiger partial charge is 0.263 e. The molecule has 0 saturated carbocycles. The average Bonchev–Trinajstić information content (AvgIpc) is 2.81. The maximum atomic E-state index is 11.9. The lowest BCUT2D eigenvalue weighted by Gasteiger charge is -2.14. The maximum Gasteiger partial charge on any atom is 0.263 e. The van der Waals surface area contributed by atoms with Crippen LogP contribution in [-0.4, -0.2) is 60.9 Å². The molecular weight excluding hydrogens is 320 g/mol. The van der Waals surface area contributed by atoms with Crippen molar-refractivity contribution in [3.05, 3.63) is 29.8 Å². The summed E-state index contributed by atoms with van der Waals surface area (Å²) in [7, 11) is -0.238. The Labute approximate surface area is 136 Å². The molecule has 0 aliphatic carbocycles. The van der Waals surface area contributed by atoms with Crippen LogP contribution < -0.4 is 4.72 Å². The Balaban J connectivity index is 1.79. The van der Waals surface area contributed by atoms with Gasteiger partial charge in [-0.2, -0.15) is 0 Å². The highest BCUT2D eigenvalue weighted by Crippen LogP contribution is 2.22. The van der Waals surface area contributed by atoms with Crippen LogP contribution in [0.1, 0.15) is 12.0 Å². The van der Waals surface area contributed by atoms with Crippen LogP contribution in [-0.2, 0) is 24.2 Å². The van der Waals surface area contributed by atoms with E-state index in [9.17, 15) is 8.42 Å². The highest BCUT2D eigenvalue weighted by molar-refractivity contribution is 7.90. The van der Waals surface area contributed by atoms with Crippen molar-refractivity contribution in [1.29, 1.82) is 0 Å². The summed E-state index contributed by atoms with van der Waals surface area (Å²) < 4.78 is 42.0. The number of hydrogen-bond donors (Lipinski definition) is 1. The van der Waals surface area contributed by atoms with Crippen LogP contribution in [0.15, 0.2) is 34.2 Å². The first-order valence-electron chi connectivity index (χ1n) is 7.34. The van der Waals surface area contributed by atoms with Crippen molar-refractivity contribution >= 4 is 15.9 Å². The number of methoxy groups -OCH3 is 2. The fourth-order valence-corrected chi connectivity index (χ4v) is 3.44. The summed E-state index contributed by atoms with van der Waals surface area (Å²) in [6.07, 6.45) is 0.608. The van der Waals surface area contributed by atoms with E-state index in [0.29, 0.717) is 44.2 Å². The quantitative estimate of drug-likeness (QED) is 0.671. The Morgan fingerprint density at radius 2 is 2.00 bits per heavy atom. The van der Waals surface area contributed by atoms with E-state index in [0.717, 1.165) is 0 Å². The van der Waals surface area contributed by atoms with Gasteiger partial charge in [-0.1, -0.05) is 12.1 Å². The number of benzene rings is 1. The fourth-order valence-electron chi connectivity index (χ4n) is 2.19. The van der Waals surface area contributed by atoms with Crippen molar-refractivity contribution in [2.75, 3.05) is 40.6 Å². The van der Waals surface area contributed by atoms with Gasteiger partial charge >= 0.3 is 0 Å². The number of amidine groups is 1. The van der Waals surface area contributed by atoms with Gasteiger partial charge in [-0.05, 0) is 18.6 Å². The van der Waals surface area contributed by atoms with E-state index in [1.807, 2.05) is 0 Å². The van der Waals surface area contributed by atoms with Gasteiger partial charge in [-0.25, -0.2) is 8.42 Å². The second-order valence-electron chi connectivity index (χ2n) is 5.07. The summed E-state index contributed by atoms with van der Waals surface area (Å²) in [5, 5.41) is 0. The summed E-state index contributed by atoms with van der Waals surface area (Å²) in [5.74, 6) is 0.398. The number of sulfonamides is 1. The first-order chi connectivity index (χ1) is 11.1. The molecule has 0 fully saturated rings. The molecule has 0 spiro atoms. The predicted molar refractivity (Wildman–Crippen MR) is 86.3 cm³/mol. The summed E-state index contributed by atoms with van der Waals surface area (Å²) in [6, 6.07) is 6.81. The zero-order chi connectivity index (χ0) is 16.7. The van der Waals surface area contributed by atoms with Gasteiger partial charge in [0.1, 0.15) is 11.9 Å². The van der Waals surface area contributed by atoms with Crippen LogP contribution >= 0.6 is 0 Å². The second kappa shape index (κ2) is 8.39. The zero-order valence-corrected chi connectivity index (χ0v) is 14.1. The van der Waals surface area contributed by atoms with E-state index in [4.69, 9.17) is 14.2 Å². The van der Waals surface area contributed by atoms with Crippen molar-refractivity contribution in [1.82, 2.24) is 4.72 Å². The van der Waals surface area contributed by atoms with Gasteiger partial charge in [-0.3, -0.25) is 9.71 Å². The largest absolute Gasteiger partial charge is 0.382 e. The number of ether oxygens (including phenoxy) is 3. The lowest BCUT2D eigenvalue weighted by molar-refractivity contribution is -0.0303. The van der Waals surface area contributed by atoms with Crippen LogP contribution in [0.25, 0.3) is 0 Å². The highest BCUT2D eigenvalue weighted by Gasteiger charge is 2.29. The van der Waals surface area contributed by atoms with E-state index in [2.05, 4.69) is 9.71 Å². The molecular formula is C15H22N2O5S. The number of fused-ring (bicyclic) bond motifs is 1. The summed E-state index contributed by atoms with van der Waals surface area (Å²) in [6.45, 7) is 1.94. The van der Waals surface area contributed by atoms with E-state index in [-0.39, 0.29) is 11.0 Å². The third-order valence-corrected chi connectivity index (χ3v) is 4.77. The van der Waals surface area contributed by atoms with Gasteiger partial charge in [-0.15, -0.1) is 0 Å². The molecule has 23 heavy (non-hydrogen) atoms. The summed E-state index contributed by atoms with van der Waals surface area (Å²) in [5.41, 5.74) is 0.618. The average molecular weight is 342 g/mol. The molecule has 0 aromatic heterocycles. The Kier molecular flexibility index (Phi) is 6.52. The van der Waals surface area contributed by atoms with Crippen LogP contribution in [0.5, 0.6) is 0 Å². The highest BCUT2D eigenvalue weighted by atomic mass is 32.2. The molecule has 0 amide bonds. The van der Waals surface area contributed by atoms with E-state index in [1.54, 1.807) is 38.5 Å². The molecule has 0 bridgehead atoms. The molecule has 1 atom stereocenters. The van der Waals surface area contributed by atoms with Crippen LogP contribution in [0.2, 0.25) is 0 Å². The zero-order valence-electron chi connectivity index (χ0n) is 13.3. The first-order valence-corrected chi connectivity index (χ1v) is 8.83. The fraction of sp³-hybridized carbons (Fsp3) is 0.533. The Hall–Kier alpha value is -1.48. The number of aliphatic imine (C=N–C) groups is 1. The molecule has 1 aromatic rings. The van der Waals surface area contributed by atoms with Crippen molar-refractivity contribution in [2.24, 2.45) is 4.99 Å². The van der Waals surface area contributed by atoms with Crippen LogP contribution in [0.3, 0.4) is 0 Å². The standard InChI is InChI=1S/C15H22N2O5S/c1-20-10-12(21-2)11-22-9-5-8-16-15-13-6-3-4-7-14(13)23(18,19)17-15/h3-4,6-7,12H,5,8-11H2,1-2H3,(H,16,17)/t12-/m0/s1. The number of nitrogens with zero attached hydrogens (tertiary/aromatic N) is 1. The lowest BCUT2D eigenvalue weighted by Crippen LogP contribution is -2.24. The summed E-state index contributed by atoms with van der Waals surface area (Å²) in [4.78, 5) is 4.60. The van der Waals surface area contributed by atoms with Gasteiger partial charge in [0.15, 0.2) is 0 Å². The van der Waals surface area contributed by atoms with Gasteiger partial charge in [0.05, 0.1) is 18.1 Å². The molecule has 1 N–H and O–H groups in total. The van der Waals surface area contributed by atoms with Gasteiger partial charge in [0.2, 0.25) is 0 Å². The molecule has 2 rings (SSSR count). The normalized spacial score (nSPS) is 18.6. The predicted octanol–water partition coefficient (Wildman–Crippen LogP) is 0.793. The number of hydrogen-bond acceptors (Lipinski definition) is 6. The first kappa shape index (κ1) is 17.9. The van der Waals surface area contributed by atoms with Crippen molar-refractivity contribution in [2.45, 2.75) is 17.4 Å². The minimum absolute atomic E-state index is 0.0835. The van der Waals surface area contributed by atoms with Gasteiger partial charge in [0, 0.05) is 32.9 Å². The van der Waals surface area contributed by atoms with Crippen molar-refractivity contribution < 1.29 is 22.6 Å². The van der Waals surface area contributed by atoms with Crippen LogP contribution in [0, 0.1) is 0 Å². The third-order valence-electron chi connectivity index (χ3n) is 3.37. The van der Waals surface area contributed by atoms with Gasteiger partial charge in [0.25, 0.3) is 10.0 Å². The molecule has 1 aromatic carbocycles. The number of rotatable bonds is 9. The third kappa shape index (κ3) is 4.74. The summed E-state index contributed by atoms with van der Waals surface area (Å²) >= 11 is 0. The van der Waals surface area contributed by atoms with Gasteiger partial charge < -0.3 is 14.2 Å². The molecule has 8 heteroatoms. The topological polar surface area (TPSA) is 86.2 Å². The number of nitrogens with one attached hydrogen (secondary N) is 1. The molecule has 1 aliphatic rings. The minimum atomic E-state index is -3.47. The second-order valence-corrected chi connectivity index (χ2v) is 6.72. The monoisotopic (exact) mass is 342 g/mol. The maximum absolute atomic E-state index is 11.9. The minimum Gasteiger partial charge on any atom is -0.382 e. The Bertz CT molecular complexity index is 645. The van der Waals surface area contributed by atoms with Crippen molar-refractivity contribution in [3.63, 3.8) is 0 Å². The Morgan fingerprint density at radius 3 is 2.74 bits per heavy atom. The van der Waals surface area contributed by atoms with Crippen molar-refractivity contribution in [3.8, 4) is 0 Å². The molecule has 128 valence electrons. The molecule has 0 radical (unpaired) electrons. The molecule has 0 saturated heterocycles. The molecule has 1 aliphatic heterocycles.